The van der Waals surface area contributed by atoms with Gasteiger partial charge in [-0.05, 0) is 54.6 Å². The smallest absolute Gasteiger partial charge is 0.155 e. The van der Waals surface area contributed by atoms with E-state index >= 15 is 0 Å². The maximum absolute atomic E-state index is 4.80. The van der Waals surface area contributed by atoms with Crippen LogP contribution in [0.5, 0.6) is 0 Å². The van der Waals surface area contributed by atoms with E-state index in [1.807, 2.05) is 74.0 Å². The van der Waals surface area contributed by atoms with E-state index in [9.17, 15) is 0 Å². The van der Waals surface area contributed by atoms with Crippen molar-refractivity contribution in [1.29, 1.82) is 0 Å². The summed E-state index contributed by atoms with van der Waals surface area (Å²) in [5.74, 6) is 0.883. The maximum atomic E-state index is 4.80. The van der Waals surface area contributed by atoms with Gasteiger partial charge in [0.25, 0.3) is 0 Å². The van der Waals surface area contributed by atoms with Crippen molar-refractivity contribution in [2.24, 2.45) is 0 Å². The molecule has 0 fully saturated rings. The van der Waals surface area contributed by atoms with Gasteiger partial charge in [-0.1, -0.05) is 37.3 Å². The molecule has 6 aromatic rings. The lowest BCUT2D eigenvalue weighted by atomic mass is 10.1. The highest BCUT2D eigenvalue weighted by molar-refractivity contribution is 5.81. The van der Waals surface area contributed by atoms with Crippen LogP contribution in [0.1, 0.15) is 19.9 Å². The highest BCUT2D eigenvalue weighted by Crippen LogP contribution is 2.29. The maximum Gasteiger partial charge on any atom is 0.155 e. The van der Waals surface area contributed by atoms with Crippen LogP contribution >= 0.6 is 0 Å². The number of benzene rings is 1. The van der Waals surface area contributed by atoms with Crippen LogP contribution in [0, 0.1) is 6.92 Å². The Bertz CT molecular complexity index is 1510. The molecule has 0 unspecified atom stereocenters. The summed E-state index contributed by atoms with van der Waals surface area (Å²) in [5, 5.41) is 9.97. The van der Waals surface area contributed by atoms with Gasteiger partial charge in [0.15, 0.2) is 5.65 Å². The highest BCUT2D eigenvalue weighted by Gasteiger charge is 2.16. The zero-order valence-corrected chi connectivity index (χ0v) is 19.7. The minimum atomic E-state index is 0. The Morgan fingerprint density at radius 1 is 0.971 bits per heavy atom. The van der Waals surface area contributed by atoms with E-state index in [0.29, 0.717) is 6.54 Å². The van der Waals surface area contributed by atoms with Crippen LogP contribution in [0.3, 0.4) is 0 Å². The van der Waals surface area contributed by atoms with Crippen molar-refractivity contribution in [3.05, 3.63) is 97.1 Å². The SMILES string of the molecule is CCNCc1nc(-c2ccc3ncnn3c2)c(-c2cccc(C)n2)[nH]1.[HH].c1ccc2cnccc2c1. The summed E-state index contributed by atoms with van der Waals surface area (Å²) < 4.78 is 1.75. The first-order valence-corrected chi connectivity index (χ1v) is 11.5. The van der Waals surface area contributed by atoms with Crippen LogP contribution < -0.4 is 5.32 Å². The van der Waals surface area contributed by atoms with E-state index in [2.05, 4.69) is 49.4 Å². The van der Waals surface area contributed by atoms with Gasteiger partial charge in [0.2, 0.25) is 0 Å². The molecular formula is C27H28N8. The van der Waals surface area contributed by atoms with Crippen molar-refractivity contribution in [2.45, 2.75) is 20.4 Å². The third-order valence-corrected chi connectivity index (χ3v) is 5.54. The molecule has 0 spiro atoms. The summed E-state index contributed by atoms with van der Waals surface area (Å²) in [6.07, 6.45) is 7.16. The van der Waals surface area contributed by atoms with Crippen LogP contribution in [-0.2, 0) is 6.54 Å². The lowest BCUT2D eigenvalue weighted by Gasteiger charge is -2.04. The van der Waals surface area contributed by atoms with Crippen LogP contribution in [0.4, 0.5) is 0 Å². The number of hydrogen-bond donors (Lipinski definition) is 2. The van der Waals surface area contributed by atoms with Crippen LogP contribution in [0.15, 0.2) is 85.6 Å². The van der Waals surface area contributed by atoms with Gasteiger partial charge in [0.1, 0.15) is 12.2 Å². The summed E-state index contributed by atoms with van der Waals surface area (Å²) in [5.41, 5.74) is 5.40. The monoisotopic (exact) mass is 464 g/mol. The number of aromatic nitrogens is 7. The summed E-state index contributed by atoms with van der Waals surface area (Å²) in [7, 11) is 0. The van der Waals surface area contributed by atoms with Crippen LogP contribution in [0.2, 0.25) is 0 Å². The molecule has 2 N–H and O–H groups in total. The molecule has 0 atom stereocenters. The fourth-order valence-electron chi connectivity index (χ4n) is 3.81. The Morgan fingerprint density at radius 3 is 2.69 bits per heavy atom. The normalized spacial score (nSPS) is 10.9. The van der Waals surface area contributed by atoms with Gasteiger partial charge in [-0.25, -0.2) is 14.5 Å². The average molecular weight is 465 g/mol. The number of nitrogens with zero attached hydrogens (tertiary/aromatic N) is 6. The molecule has 0 aliphatic rings. The van der Waals surface area contributed by atoms with Gasteiger partial charge in [0.05, 0.1) is 23.6 Å². The summed E-state index contributed by atoms with van der Waals surface area (Å²) in [6.45, 7) is 5.63. The Balaban J connectivity index is 0.000000232. The van der Waals surface area contributed by atoms with E-state index in [0.717, 1.165) is 46.4 Å². The molecule has 0 aliphatic carbocycles. The molecule has 35 heavy (non-hydrogen) atoms. The summed E-state index contributed by atoms with van der Waals surface area (Å²) in [6, 6.07) is 20.1. The van der Waals surface area contributed by atoms with Crippen molar-refractivity contribution in [2.75, 3.05) is 6.54 Å². The van der Waals surface area contributed by atoms with Crippen molar-refractivity contribution in [1.82, 2.24) is 39.9 Å². The third kappa shape index (κ3) is 5.07. The first kappa shape index (κ1) is 22.4. The van der Waals surface area contributed by atoms with Crippen molar-refractivity contribution in [3.63, 3.8) is 0 Å². The quantitative estimate of drug-likeness (QED) is 0.369. The molecule has 0 amide bonds. The number of H-pyrrole nitrogens is 1. The van der Waals surface area contributed by atoms with Crippen molar-refractivity contribution < 1.29 is 1.43 Å². The standard InChI is InChI=1S/C18H19N7.C9H7N.H2/c1-3-19-9-15-23-17(13-7-8-16-20-11-21-25(16)10-13)18(24-15)14-6-4-5-12(2)22-14;1-2-4-9-7-10-6-5-8(9)3-1;/h4-8,10-11,19H,3,9H2,1-2H3,(H,23,24);1-7H;1H. The molecule has 0 bridgehead atoms. The van der Waals surface area contributed by atoms with E-state index in [4.69, 9.17) is 4.98 Å². The van der Waals surface area contributed by atoms with E-state index < -0.39 is 0 Å². The molecule has 1 aromatic carbocycles. The lowest BCUT2D eigenvalue weighted by molar-refractivity contribution is 0.698. The molecule has 0 saturated carbocycles. The minimum absolute atomic E-state index is 0. The number of aromatic amines is 1. The Hall–Kier alpha value is -4.43. The fourth-order valence-corrected chi connectivity index (χ4v) is 3.81. The Labute approximate surface area is 204 Å². The molecule has 0 aliphatic heterocycles. The number of pyridine rings is 3. The van der Waals surface area contributed by atoms with Gasteiger partial charge < -0.3 is 10.3 Å². The molecule has 0 saturated heterocycles. The molecule has 8 nitrogen and oxygen atoms in total. The predicted octanol–water partition coefficient (Wildman–Crippen LogP) is 5.08. The number of nitrogens with one attached hydrogen (secondary N) is 2. The molecule has 8 heteroatoms. The van der Waals surface area contributed by atoms with E-state index in [1.165, 1.54) is 10.8 Å². The van der Waals surface area contributed by atoms with Gasteiger partial charge in [0, 0.05) is 31.3 Å². The average Bonchev–Trinajstić information content (AvgIpc) is 3.55. The molecule has 176 valence electrons. The molecule has 6 rings (SSSR count). The van der Waals surface area contributed by atoms with Gasteiger partial charge in [-0.15, -0.1) is 0 Å². The summed E-state index contributed by atoms with van der Waals surface area (Å²) in [4.78, 5) is 21.1. The van der Waals surface area contributed by atoms with Crippen LogP contribution in [-0.4, -0.2) is 41.1 Å². The minimum Gasteiger partial charge on any atom is -0.339 e. The Kier molecular flexibility index (Phi) is 6.54. The zero-order valence-electron chi connectivity index (χ0n) is 19.7. The number of aryl methyl sites for hydroxylation is 1. The Morgan fingerprint density at radius 2 is 1.86 bits per heavy atom. The largest absolute Gasteiger partial charge is 0.339 e. The first-order chi connectivity index (χ1) is 17.2. The van der Waals surface area contributed by atoms with Gasteiger partial charge in [-0.2, -0.15) is 5.10 Å². The van der Waals surface area contributed by atoms with Gasteiger partial charge >= 0.3 is 0 Å². The topological polar surface area (TPSA) is 96.7 Å². The highest BCUT2D eigenvalue weighted by atomic mass is 15.3. The van der Waals surface area contributed by atoms with Crippen molar-refractivity contribution >= 4 is 16.4 Å². The fraction of sp³-hybridized carbons (Fsp3) is 0.148. The first-order valence-electron chi connectivity index (χ1n) is 11.5. The van der Waals surface area contributed by atoms with E-state index in [-0.39, 0.29) is 1.43 Å². The number of imidazole rings is 1. The lowest BCUT2D eigenvalue weighted by Crippen LogP contribution is -2.12. The second-order valence-electron chi connectivity index (χ2n) is 8.06. The second-order valence-corrected chi connectivity index (χ2v) is 8.06. The third-order valence-electron chi connectivity index (χ3n) is 5.54. The molecule has 5 heterocycles. The molecule has 0 radical (unpaired) electrons. The van der Waals surface area contributed by atoms with Crippen LogP contribution in [0.25, 0.3) is 39.1 Å². The van der Waals surface area contributed by atoms with Crippen molar-refractivity contribution in [3.8, 4) is 22.6 Å². The summed E-state index contributed by atoms with van der Waals surface area (Å²) >= 11 is 0. The zero-order chi connectivity index (χ0) is 24.0. The molecular weight excluding hydrogens is 436 g/mol. The predicted molar refractivity (Wildman–Crippen MR) is 140 cm³/mol. The van der Waals surface area contributed by atoms with Gasteiger partial charge in [-0.3, -0.25) is 9.97 Å². The van der Waals surface area contributed by atoms with E-state index in [1.54, 1.807) is 10.8 Å². The number of rotatable bonds is 5. The second kappa shape index (κ2) is 10.2. The molecule has 5 aromatic heterocycles. The number of fused-ring (bicyclic) bond motifs is 2. The number of hydrogen-bond acceptors (Lipinski definition) is 6.